The van der Waals surface area contributed by atoms with Crippen LogP contribution in [-0.2, 0) is 4.79 Å². The molecule has 3 rings (SSSR count). The van der Waals surface area contributed by atoms with Crippen molar-refractivity contribution in [2.75, 3.05) is 17.2 Å². The number of amides is 2. The van der Waals surface area contributed by atoms with Gasteiger partial charge in [0.2, 0.25) is 0 Å². The summed E-state index contributed by atoms with van der Waals surface area (Å²) >= 11 is 0. The number of hydrogen-bond donors (Lipinski definition) is 2. The van der Waals surface area contributed by atoms with E-state index in [-0.39, 0.29) is 18.4 Å². The van der Waals surface area contributed by atoms with Gasteiger partial charge >= 0.3 is 0 Å². The first-order valence-corrected chi connectivity index (χ1v) is 9.38. The lowest BCUT2D eigenvalue weighted by Crippen LogP contribution is -2.20. The highest BCUT2D eigenvalue weighted by molar-refractivity contribution is 6.04. The van der Waals surface area contributed by atoms with Gasteiger partial charge in [-0.3, -0.25) is 9.59 Å². The summed E-state index contributed by atoms with van der Waals surface area (Å²) in [6.07, 6.45) is 0. The number of ether oxygens (including phenoxy) is 1. The summed E-state index contributed by atoms with van der Waals surface area (Å²) in [4.78, 5) is 24.4. The van der Waals surface area contributed by atoms with Crippen LogP contribution in [-0.4, -0.2) is 18.4 Å². The Labute approximate surface area is 170 Å². The lowest BCUT2D eigenvalue weighted by Gasteiger charge is -2.10. The fourth-order valence-electron chi connectivity index (χ4n) is 2.99. The van der Waals surface area contributed by atoms with Crippen LogP contribution in [0.2, 0.25) is 0 Å². The normalized spacial score (nSPS) is 10.3. The molecule has 5 heteroatoms. The van der Waals surface area contributed by atoms with Crippen LogP contribution >= 0.6 is 0 Å². The number of carbonyl (C=O) groups excluding carboxylic acids is 2. The van der Waals surface area contributed by atoms with Crippen molar-refractivity contribution in [3.05, 3.63) is 89.0 Å². The molecule has 0 saturated carbocycles. The first-order chi connectivity index (χ1) is 13.9. The van der Waals surface area contributed by atoms with Gasteiger partial charge in [0.25, 0.3) is 11.8 Å². The van der Waals surface area contributed by atoms with Crippen molar-refractivity contribution in [3.63, 3.8) is 0 Å². The second-order valence-electron chi connectivity index (χ2n) is 7.06. The summed E-state index contributed by atoms with van der Waals surface area (Å²) < 4.78 is 5.57. The number of benzene rings is 3. The predicted octanol–water partition coefficient (Wildman–Crippen LogP) is 4.88. The molecule has 0 unspecified atom stereocenters. The number of aryl methyl sites for hydroxylation is 3. The van der Waals surface area contributed by atoms with Gasteiger partial charge in [0, 0.05) is 16.9 Å². The Balaban J connectivity index is 1.53. The van der Waals surface area contributed by atoms with E-state index in [1.54, 1.807) is 30.3 Å². The summed E-state index contributed by atoms with van der Waals surface area (Å²) in [5.74, 6) is 0.250. The van der Waals surface area contributed by atoms with Crippen LogP contribution in [0.1, 0.15) is 27.0 Å². The van der Waals surface area contributed by atoms with Crippen molar-refractivity contribution >= 4 is 23.2 Å². The molecule has 3 aromatic rings. The Morgan fingerprint density at radius 1 is 0.759 bits per heavy atom. The molecule has 0 spiro atoms. The van der Waals surface area contributed by atoms with Gasteiger partial charge in [0.15, 0.2) is 6.61 Å². The van der Waals surface area contributed by atoms with Crippen LogP contribution in [0.3, 0.4) is 0 Å². The minimum atomic E-state index is -0.249. The summed E-state index contributed by atoms with van der Waals surface area (Å²) in [6.45, 7) is 5.84. The molecule has 0 saturated heterocycles. The Bertz CT molecular complexity index is 1010. The number of nitrogens with one attached hydrogen (secondary N) is 2. The average Bonchev–Trinajstić information content (AvgIpc) is 2.67. The third-order valence-corrected chi connectivity index (χ3v) is 4.27. The third-order valence-electron chi connectivity index (χ3n) is 4.27. The monoisotopic (exact) mass is 388 g/mol. The second-order valence-corrected chi connectivity index (χ2v) is 7.06. The topological polar surface area (TPSA) is 67.4 Å². The summed E-state index contributed by atoms with van der Waals surface area (Å²) in [6, 6.07) is 20.2. The molecular weight excluding hydrogens is 364 g/mol. The second kappa shape index (κ2) is 9.06. The van der Waals surface area contributed by atoms with Crippen LogP contribution in [0.5, 0.6) is 5.75 Å². The van der Waals surface area contributed by atoms with Crippen LogP contribution in [0.15, 0.2) is 66.7 Å². The number of carbonyl (C=O) groups is 2. The lowest BCUT2D eigenvalue weighted by atomic mass is 10.1. The molecule has 0 aromatic heterocycles. The van der Waals surface area contributed by atoms with Gasteiger partial charge in [-0.1, -0.05) is 23.8 Å². The maximum atomic E-state index is 12.3. The first-order valence-electron chi connectivity index (χ1n) is 9.38. The highest BCUT2D eigenvalue weighted by Gasteiger charge is 2.08. The number of anilines is 2. The maximum absolute atomic E-state index is 12.3. The quantitative estimate of drug-likeness (QED) is 0.632. The van der Waals surface area contributed by atoms with Crippen LogP contribution in [0, 0.1) is 20.8 Å². The van der Waals surface area contributed by atoms with E-state index in [1.165, 1.54) is 0 Å². The summed E-state index contributed by atoms with van der Waals surface area (Å²) in [7, 11) is 0. The molecule has 2 N–H and O–H groups in total. The largest absolute Gasteiger partial charge is 0.484 e. The van der Waals surface area contributed by atoms with E-state index in [2.05, 4.69) is 10.6 Å². The highest BCUT2D eigenvalue weighted by atomic mass is 16.5. The molecule has 0 fully saturated rings. The highest BCUT2D eigenvalue weighted by Crippen LogP contribution is 2.17. The van der Waals surface area contributed by atoms with Crippen molar-refractivity contribution in [1.82, 2.24) is 0 Å². The molecule has 2 amide bonds. The van der Waals surface area contributed by atoms with E-state index in [0.717, 1.165) is 16.7 Å². The van der Waals surface area contributed by atoms with Gasteiger partial charge in [0.1, 0.15) is 5.75 Å². The SMILES string of the molecule is Cc1cc(C)cc(OCC(=O)Nc2ccc(NC(=O)c3cccc(C)c3)cc2)c1. The molecule has 0 atom stereocenters. The molecule has 5 nitrogen and oxygen atoms in total. The zero-order valence-corrected chi connectivity index (χ0v) is 16.8. The van der Waals surface area contributed by atoms with Gasteiger partial charge in [-0.05, 0) is 80.4 Å². The van der Waals surface area contributed by atoms with Crippen molar-refractivity contribution in [2.45, 2.75) is 20.8 Å². The van der Waals surface area contributed by atoms with Crippen molar-refractivity contribution in [2.24, 2.45) is 0 Å². The zero-order valence-electron chi connectivity index (χ0n) is 16.8. The van der Waals surface area contributed by atoms with Gasteiger partial charge in [-0.25, -0.2) is 0 Å². The summed E-state index contributed by atoms with van der Waals surface area (Å²) in [5, 5.41) is 5.63. The molecular formula is C24H24N2O3. The Hall–Kier alpha value is -3.60. The van der Waals surface area contributed by atoms with Gasteiger partial charge in [-0.15, -0.1) is 0 Å². The minimum absolute atomic E-state index is 0.0747. The van der Waals surface area contributed by atoms with Gasteiger partial charge in [-0.2, -0.15) is 0 Å². The zero-order chi connectivity index (χ0) is 20.8. The molecule has 148 valence electrons. The smallest absolute Gasteiger partial charge is 0.262 e. The predicted molar refractivity (Wildman–Crippen MR) is 116 cm³/mol. The van der Waals surface area contributed by atoms with Gasteiger partial charge in [0.05, 0.1) is 0 Å². The minimum Gasteiger partial charge on any atom is -0.484 e. The number of rotatable bonds is 6. The molecule has 3 aromatic carbocycles. The molecule has 0 bridgehead atoms. The molecule has 0 aliphatic carbocycles. The molecule has 0 heterocycles. The average molecular weight is 388 g/mol. The van der Waals surface area contributed by atoms with Crippen molar-refractivity contribution in [1.29, 1.82) is 0 Å². The Morgan fingerprint density at radius 2 is 1.38 bits per heavy atom. The fraction of sp³-hybridized carbons (Fsp3) is 0.167. The molecule has 0 aliphatic rings. The van der Waals surface area contributed by atoms with E-state index in [4.69, 9.17) is 4.74 Å². The fourth-order valence-corrected chi connectivity index (χ4v) is 2.99. The van der Waals surface area contributed by atoms with E-state index in [0.29, 0.717) is 22.7 Å². The Kier molecular flexibility index (Phi) is 6.29. The van der Waals surface area contributed by atoms with Gasteiger partial charge < -0.3 is 15.4 Å². The van der Waals surface area contributed by atoms with Crippen molar-refractivity contribution in [3.8, 4) is 5.75 Å². The first kappa shape index (κ1) is 20.1. The van der Waals surface area contributed by atoms with Crippen LogP contribution in [0.25, 0.3) is 0 Å². The molecule has 29 heavy (non-hydrogen) atoms. The standard InChI is InChI=1S/C24H24N2O3/c1-16-5-4-6-19(12-16)24(28)26-21-9-7-20(8-10-21)25-23(27)15-29-22-13-17(2)11-18(3)14-22/h4-14H,15H2,1-3H3,(H,25,27)(H,26,28). The van der Waals surface area contributed by atoms with E-state index in [1.807, 2.05) is 57.2 Å². The van der Waals surface area contributed by atoms with E-state index >= 15 is 0 Å². The van der Waals surface area contributed by atoms with E-state index < -0.39 is 0 Å². The van der Waals surface area contributed by atoms with Crippen molar-refractivity contribution < 1.29 is 14.3 Å². The third kappa shape index (κ3) is 5.94. The summed E-state index contributed by atoms with van der Waals surface area (Å²) in [5.41, 5.74) is 5.09. The number of hydrogen-bond acceptors (Lipinski definition) is 3. The Morgan fingerprint density at radius 3 is 2.00 bits per heavy atom. The molecule has 0 radical (unpaired) electrons. The van der Waals surface area contributed by atoms with E-state index in [9.17, 15) is 9.59 Å². The van der Waals surface area contributed by atoms with Crippen LogP contribution in [0.4, 0.5) is 11.4 Å². The molecule has 0 aliphatic heterocycles. The van der Waals surface area contributed by atoms with Crippen LogP contribution < -0.4 is 15.4 Å². The lowest BCUT2D eigenvalue weighted by molar-refractivity contribution is -0.118. The maximum Gasteiger partial charge on any atom is 0.262 e.